The van der Waals surface area contributed by atoms with Crippen LogP contribution in [0, 0.1) is 0 Å². The van der Waals surface area contributed by atoms with Crippen LogP contribution in [0.15, 0.2) is 53.3 Å². The minimum atomic E-state index is -0.355. The molecule has 0 aliphatic carbocycles. The zero-order chi connectivity index (χ0) is 18.5. The predicted octanol–water partition coefficient (Wildman–Crippen LogP) is 3.55. The number of nitrogens with one attached hydrogen (secondary N) is 3. The zero-order valence-corrected chi connectivity index (χ0v) is 14.9. The van der Waals surface area contributed by atoms with E-state index in [9.17, 15) is 9.59 Å². The second kappa shape index (κ2) is 7.93. The molecule has 0 spiro atoms. The van der Waals surface area contributed by atoms with Crippen molar-refractivity contribution >= 4 is 34.2 Å². The SMILES string of the molecule is COc1ccc2[nH]c(=O)c(CCNC(=O)Nc3cccc(Cl)c3)cc2c1. The lowest BCUT2D eigenvalue weighted by atomic mass is 10.1. The zero-order valence-electron chi connectivity index (χ0n) is 14.1. The van der Waals surface area contributed by atoms with Crippen LogP contribution in [-0.2, 0) is 6.42 Å². The average Bonchev–Trinajstić information content (AvgIpc) is 2.61. The molecule has 0 unspecified atom stereocenters. The van der Waals surface area contributed by atoms with E-state index in [1.165, 1.54) is 0 Å². The second-order valence-corrected chi connectivity index (χ2v) is 6.15. The Labute approximate surface area is 155 Å². The first-order valence-corrected chi connectivity index (χ1v) is 8.43. The van der Waals surface area contributed by atoms with E-state index >= 15 is 0 Å². The highest BCUT2D eigenvalue weighted by Gasteiger charge is 2.06. The third kappa shape index (κ3) is 4.34. The van der Waals surface area contributed by atoms with E-state index in [-0.39, 0.29) is 11.6 Å². The van der Waals surface area contributed by atoms with Gasteiger partial charge in [-0.3, -0.25) is 4.79 Å². The second-order valence-electron chi connectivity index (χ2n) is 5.72. The number of hydrogen-bond donors (Lipinski definition) is 3. The fourth-order valence-electron chi connectivity index (χ4n) is 2.59. The van der Waals surface area contributed by atoms with Gasteiger partial charge in [0.1, 0.15) is 5.75 Å². The van der Waals surface area contributed by atoms with E-state index in [1.807, 2.05) is 12.1 Å². The van der Waals surface area contributed by atoms with Crippen molar-refractivity contribution < 1.29 is 9.53 Å². The number of anilines is 1. The summed E-state index contributed by atoms with van der Waals surface area (Å²) >= 11 is 5.88. The predicted molar refractivity (Wildman–Crippen MR) is 103 cm³/mol. The van der Waals surface area contributed by atoms with Gasteiger partial charge in [0.05, 0.1) is 7.11 Å². The Morgan fingerprint density at radius 3 is 2.81 bits per heavy atom. The molecule has 3 N–H and O–H groups in total. The van der Waals surface area contributed by atoms with Crippen molar-refractivity contribution in [3.8, 4) is 5.75 Å². The van der Waals surface area contributed by atoms with Gasteiger partial charge in [-0.05, 0) is 48.9 Å². The molecule has 134 valence electrons. The van der Waals surface area contributed by atoms with Crippen LogP contribution in [0.5, 0.6) is 5.75 Å². The lowest BCUT2D eigenvalue weighted by molar-refractivity contribution is 0.252. The maximum Gasteiger partial charge on any atom is 0.319 e. The molecule has 2 amide bonds. The standard InChI is InChI=1S/C19H18ClN3O3/c1-26-16-5-6-17-13(10-16)9-12(18(24)23-17)7-8-21-19(25)22-15-4-2-3-14(20)11-15/h2-6,9-11H,7-8H2,1H3,(H,23,24)(H2,21,22,25). The minimum absolute atomic E-state index is 0.167. The number of carbonyl (C=O) groups is 1. The number of aromatic nitrogens is 1. The molecule has 1 aromatic heterocycles. The largest absolute Gasteiger partial charge is 0.497 e. The number of methoxy groups -OCH3 is 1. The Balaban J connectivity index is 1.63. The van der Waals surface area contributed by atoms with Crippen molar-refractivity contribution in [2.75, 3.05) is 19.0 Å². The summed E-state index contributed by atoms with van der Waals surface area (Å²) in [6.45, 7) is 0.324. The highest BCUT2D eigenvalue weighted by Crippen LogP contribution is 2.19. The van der Waals surface area contributed by atoms with E-state index < -0.39 is 0 Å². The molecule has 6 nitrogen and oxygen atoms in total. The van der Waals surface area contributed by atoms with Gasteiger partial charge in [0.15, 0.2) is 0 Å². The molecular formula is C19H18ClN3O3. The number of H-pyrrole nitrogens is 1. The highest BCUT2D eigenvalue weighted by molar-refractivity contribution is 6.30. The van der Waals surface area contributed by atoms with E-state index in [1.54, 1.807) is 43.5 Å². The van der Waals surface area contributed by atoms with Crippen LogP contribution in [0.2, 0.25) is 5.02 Å². The fourth-order valence-corrected chi connectivity index (χ4v) is 2.79. The first-order chi connectivity index (χ1) is 12.5. The summed E-state index contributed by atoms with van der Waals surface area (Å²) in [7, 11) is 1.59. The number of urea groups is 1. The molecule has 26 heavy (non-hydrogen) atoms. The summed E-state index contributed by atoms with van der Waals surface area (Å²) in [5, 5.41) is 6.84. The van der Waals surface area contributed by atoms with Crippen molar-refractivity contribution in [1.82, 2.24) is 10.3 Å². The van der Waals surface area contributed by atoms with E-state index in [0.29, 0.717) is 29.2 Å². The van der Waals surface area contributed by atoms with Crippen LogP contribution in [0.3, 0.4) is 0 Å². The maximum absolute atomic E-state index is 12.2. The lowest BCUT2D eigenvalue weighted by Crippen LogP contribution is -2.31. The Kier molecular flexibility index (Phi) is 5.43. The summed E-state index contributed by atoms with van der Waals surface area (Å²) in [6.07, 6.45) is 0.408. The topological polar surface area (TPSA) is 83.2 Å². The van der Waals surface area contributed by atoms with Gasteiger partial charge in [-0.25, -0.2) is 4.79 Å². The number of halogens is 1. The number of amides is 2. The molecule has 3 rings (SSSR count). The quantitative estimate of drug-likeness (QED) is 0.641. The minimum Gasteiger partial charge on any atom is -0.497 e. The number of pyridine rings is 1. The summed E-state index contributed by atoms with van der Waals surface area (Å²) in [4.78, 5) is 26.9. The van der Waals surface area contributed by atoms with Crippen molar-refractivity contribution in [3.63, 3.8) is 0 Å². The maximum atomic E-state index is 12.2. The number of aromatic amines is 1. The summed E-state index contributed by atoms with van der Waals surface area (Å²) in [6, 6.07) is 13.8. The number of hydrogen-bond acceptors (Lipinski definition) is 3. The van der Waals surface area contributed by atoms with Crippen LogP contribution >= 0.6 is 11.6 Å². The summed E-state index contributed by atoms with van der Waals surface area (Å²) < 4.78 is 5.20. The van der Waals surface area contributed by atoms with Gasteiger partial charge in [-0.15, -0.1) is 0 Å². The Morgan fingerprint density at radius 2 is 2.04 bits per heavy atom. The Bertz CT molecular complexity index is 1000. The molecule has 3 aromatic rings. The number of benzene rings is 2. The third-order valence-corrected chi connectivity index (χ3v) is 4.13. The van der Waals surface area contributed by atoms with Crippen LogP contribution in [0.4, 0.5) is 10.5 Å². The molecule has 0 saturated carbocycles. The summed E-state index contributed by atoms with van der Waals surface area (Å²) in [5.41, 5.74) is 1.77. The lowest BCUT2D eigenvalue weighted by Gasteiger charge is -2.08. The third-order valence-electron chi connectivity index (χ3n) is 3.89. The Morgan fingerprint density at radius 1 is 1.19 bits per heavy atom. The highest BCUT2D eigenvalue weighted by atomic mass is 35.5. The van der Waals surface area contributed by atoms with E-state index in [0.717, 1.165) is 16.7 Å². The van der Waals surface area contributed by atoms with E-state index in [2.05, 4.69) is 15.6 Å². The van der Waals surface area contributed by atoms with Crippen LogP contribution < -0.4 is 20.9 Å². The van der Waals surface area contributed by atoms with Gasteiger partial charge >= 0.3 is 6.03 Å². The molecule has 0 fully saturated rings. The van der Waals surface area contributed by atoms with Crippen LogP contribution in [0.25, 0.3) is 10.9 Å². The first kappa shape index (κ1) is 17.8. The van der Waals surface area contributed by atoms with Crippen LogP contribution in [0.1, 0.15) is 5.56 Å². The van der Waals surface area contributed by atoms with Gasteiger partial charge in [-0.1, -0.05) is 17.7 Å². The van der Waals surface area contributed by atoms with E-state index in [4.69, 9.17) is 16.3 Å². The Hall–Kier alpha value is -2.99. The summed E-state index contributed by atoms with van der Waals surface area (Å²) in [5.74, 6) is 0.717. The van der Waals surface area contributed by atoms with Gasteiger partial charge in [0, 0.05) is 33.7 Å². The monoisotopic (exact) mass is 371 g/mol. The van der Waals surface area contributed by atoms with Crippen molar-refractivity contribution in [1.29, 1.82) is 0 Å². The van der Waals surface area contributed by atoms with Gasteiger partial charge in [0.25, 0.3) is 5.56 Å². The molecule has 0 saturated heterocycles. The number of rotatable bonds is 5. The first-order valence-electron chi connectivity index (χ1n) is 8.05. The smallest absolute Gasteiger partial charge is 0.319 e. The molecule has 0 aliphatic heterocycles. The molecule has 0 radical (unpaired) electrons. The van der Waals surface area contributed by atoms with Crippen molar-refractivity contribution in [2.24, 2.45) is 0 Å². The number of carbonyl (C=O) groups excluding carboxylic acids is 1. The number of fused-ring (bicyclic) bond motifs is 1. The molecule has 2 aromatic carbocycles. The molecule has 0 bridgehead atoms. The van der Waals surface area contributed by atoms with Crippen molar-refractivity contribution in [3.05, 3.63) is 69.5 Å². The van der Waals surface area contributed by atoms with Crippen LogP contribution in [-0.4, -0.2) is 24.7 Å². The van der Waals surface area contributed by atoms with Gasteiger partial charge in [0.2, 0.25) is 0 Å². The molecular weight excluding hydrogens is 354 g/mol. The van der Waals surface area contributed by atoms with Gasteiger partial charge in [-0.2, -0.15) is 0 Å². The molecule has 1 heterocycles. The average molecular weight is 372 g/mol. The molecule has 7 heteroatoms. The fraction of sp³-hybridized carbons (Fsp3) is 0.158. The normalized spacial score (nSPS) is 10.5. The number of ether oxygens (including phenoxy) is 1. The van der Waals surface area contributed by atoms with Gasteiger partial charge < -0.3 is 20.4 Å². The molecule has 0 atom stereocenters. The molecule has 0 aliphatic rings. The van der Waals surface area contributed by atoms with Crippen molar-refractivity contribution in [2.45, 2.75) is 6.42 Å².